The minimum Gasteiger partial charge on any atom is -0.504 e. The van der Waals surface area contributed by atoms with E-state index in [2.05, 4.69) is 0 Å². The van der Waals surface area contributed by atoms with Crippen molar-refractivity contribution in [3.05, 3.63) is 23.8 Å². The number of hydrogen-bond acceptors (Lipinski definition) is 4. The first-order valence-corrected chi connectivity index (χ1v) is 8.43. The molecule has 0 bridgehead atoms. The SMILES string of the molecule is CC(C)(C)C(OP(=O)(O)O)(c1ccc(O)c(O)c1)C(C)(C)C. The first-order chi connectivity index (χ1) is 9.62. The van der Waals surface area contributed by atoms with Crippen LogP contribution in [0.3, 0.4) is 0 Å². The number of rotatable bonds is 3. The summed E-state index contributed by atoms with van der Waals surface area (Å²) in [6.07, 6.45) is 0. The predicted octanol–water partition coefficient (Wildman–Crippen LogP) is 3.49. The minimum atomic E-state index is -4.82. The summed E-state index contributed by atoms with van der Waals surface area (Å²) in [6, 6.07) is 4.06. The molecule has 0 aliphatic rings. The topological polar surface area (TPSA) is 107 Å². The Bertz CT molecular complexity index is 577. The molecule has 0 spiro atoms. The Morgan fingerprint density at radius 3 is 1.68 bits per heavy atom. The molecule has 22 heavy (non-hydrogen) atoms. The van der Waals surface area contributed by atoms with Crippen molar-refractivity contribution in [2.24, 2.45) is 10.8 Å². The summed E-state index contributed by atoms with van der Waals surface area (Å²) < 4.78 is 16.9. The predicted molar refractivity (Wildman–Crippen MR) is 83.5 cm³/mol. The quantitative estimate of drug-likeness (QED) is 0.498. The van der Waals surface area contributed by atoms with Gasteiger partial charge in [-0.3, -0.25) is 4.52 Å². The van der Waals surface area contributed by atoms with E-state index in [0.29, 0.717) is 5.56 Å². The average molecular weight is 332 g/mol. The lowest BCUT2D eigenvalue weighted by Gasteiger charge is -2.52. The molecule has 0 atom stereocenters. The highest BCUT2D eigenvalue weighted by atomic mass is 31.2. The summed E-state index contributed by atoms with van der Waals surface area (Å²) in [7, 11) is -4.82. The van der Waals surface area contributed by atoms with Crippen LogP contribution < -0.4 is 0 Å². The average Bonchev–Trinajstić information content (AvgIpc) is 2.25. The van der Waals surface area contributed by atoms with Crippen LogP contribution in [0.25, 0.3) is 0 Å². The first kappa shape index (κ1) is 19.0. The van der Waals surface area contributed by atoms with E-state index in [1.165, 1.54) is 18.2 Å². The Labute approximate surface area is 131 Å². The zero-order valence-electron chi connectivity index (χ0n) is 13.8. The summed E-state index contributed by atoms with van der Waals surface area (Å²) >= 11 is 0. The van der Waals surface area contributed by atoms with Gasteiger partial charge < -0.3 is 20.0 Å². The van der Waals surface area contributed by atoms with Gasteiger partial charge in [-0.15, -0.1) is 0 Å². The lowest BCUT2D eigenvalue weighted by molar-refractivity contribution is -0.135. The van der Waals surface area contributed by atoms with Crippen molar-refractivity contribution in [2.45, 2.75) is 47.1 Å². The molecule has 6 nitrogen and oxygen atoms in total. The van der Waals surface area contributed by atoms with Gasteiger partial charge in [0.1, 0.15) is 5.60 Å². The summed E-state index contributed by atoms with van der Waals surface area (Å²) in [4.78, 5) is 18.9. The second-order valence-electron chi connectivity index (χ2n) is 7.47. The van der Waals surface area contributed by atoms with Gasteiger partial charge in [0.15, 0.2) is 11.5 Å². The molecule has 7 heteroatoms. The van der Waals surface area contributed by atoms with E-state index in [0.717, 1.165) is 0 Å². The van der Waals surface area contributed by atoms with E-state index in [4.69, 9.17) is 4.52 Å². The van der Waals surface area contributed by atoms with Gasteiger partial charge >= 0.3 is 7.82 Å². The van der Waals surface area contributed by atoms with Crippen LogP contribution in [0.4, 0.5) is 0 Å². The number of phosphoric ester groups is 1. The van der Waals surface area contributed by atoms with Crippen molar-refractivity contribution in [3.63, 3.8) is 0 Å². The van der Waals surface area contributed by atoms with Crippen LogP contribution in [0.1, 0.15) is 47.1 Å². The summed E-state index contributed by atoms with van der Waals surface area (Å²) in [5.74, 6) is -0.679. The summed E-state index contributed by atoms with van der Waals surface area (Å²) in [6.45, 7) is 10.8. The molecule has 0 saturated carbocycles. The van der Waals surface area contributed by atoms with Crippen LogP contribution in [0.15, 0.2) is 18.2 Å². The molecule has 0 aliphatic carbocycles. The third-order valence-electron chi connectivity index (χ3n) is 3.75. The Balaban J connectivity index is 3.77. The van der Waals surface area contributed by atoms with Gasteiger partial charge in [-0.25, -0.2) is 4.57 Å². The van der Waals surface area contributed by atoms with E-state index in [-0.39, 0.29) is 11.5 Å². The van der Waals surface area contributed by atoms with Crippen molar-refractivity contribution in [1.82, 2.24) is 0 Å². The number of aromatic hydroxyl groups is 2. The Kier molecular flexibility index (Phi) is 4.77. The zero-order valence-corrected chi connectivity index (χ0v) is 14.7. The molecule has 0 radical (unpaired) electrons. The van der Waals surface area contributed by atoms with E-state index in [9.17, 15) is 24.6 Å². The number of benzene rings is 1. The summed E-state index contributed by atoms with van der Waals surface area (Å²) in [5, 5.41) is 19.3. The number of phenols is 2. The Morgan fingerprint density at radius 2 is 1.36 bits per heavy atom. The molecule has 126 valence electrons. The number of phosphoric acid groups is 1. The van der Waals surface area contributed by atoms with Crippen molar-refractivity contribution < 1.29 is 29.1 Å². The molecule has 1 aromatic carbocycles. The Morgan fingerprint density at radius 1 is 0.909 bits per heavy atom. The molecule has 0 aromatic heterocycles. The molecule has 0 unspecified atom stereocenters. The molecule has 1 rings (SSSR count). The first-order valence-electron chi connectivity index (χ1n) is 6.90. The van der Waals surface area contributed by atoms with Gasteiger partial charge in [-0.2, -0.15) is 0 Å². The second-order valence-corrected chi connectivity index (χ2v) is 8.63. The second kappa shape index (κ2) is 5.53. The van der Waals surface area contributed by atoms with Crippen LogP contribution in [0, 0.1) is 10.8 Å². The maximum atomic E-state index is 11.6. The van der Waals surface area contributed by atoms with Crippen LogP contribution in [-0.2, 0) is 14.7 Å². The number of phenolic OH excluding ortho intramolecular Hbond substituents is 2. The van der Waals surface area contributed by atoms with Crippen LogP contribution >= 0.6 is 7.82 Å². The minimum absolute atomic E-state index is 0.309. The van der Waals surface area contributed by atoms with Gasteiger partial charge in [0.2, 0.25) is 0 Å². The molecular weight excluding hydrogens is 307 g/mol. The lowest BCUT2D eigenvalue weighted by Crippen LogP contribution is -2.51. The van der Waals surface area contributed by atoms with Crippen LogP contribution in [0.5, 0.6) is 11.5 Å². The zero-order chi connectivity index (χ0) is 17.6. The number of hydrogen-bond donors (Lipinski definition) is 4. The van der Waals surface area contributed by atoms with E-state index in [1.807, 2.05) is 0 Å². The van der Waals surface area contributed by atoms with Crippen molar-refractivity contribution in [2.75, 3.05) is 0 Å². The van der Waals surface area contributed by atoms with Crippen LogP contribution in [-0.4, -0.2) is 20.0 Å². The largest absolute Gasteiger partial charge is 0.504 e. The molecular formula is C15H25O6P. The molecule has 0 saturated heterocycles. The molecule has 0 amide bonds. The van der Waals surface area contributed by atoms with Crippen molar-refractivity contribution in [3.8, 4) is 11.5 Å². The smallest absolute Gasteiger partial charge is 0.470 e. The standard InChI is InChI=1S/C15H25O6P/c1-13(2,3)15(14(4,5)6,21-22(18,19)20)10-7-8-11(16)12(17)9-10/h7-9,16-17H,1-6H3,(H2,18,19,20). The van der Waals surface area contributed by atoms with Crippen LogP contribution in [0.2, 0.25) is 0 Å². The molecule has 0 heterocycles. The fraction of sp³-hybridized carbons (Fsp3) is 0.600. The molecule has 0 fully saturated rings. The maximum absolute atomic E-state index is 11.6. The third-order valence-corrected chi connectivity index (χ3v) is 4.26. The van der Waals surface area contributed by atoms with E-state index >= 15 is 0 Å². The highest BCUT2D eigenvalue weighted by Crippen LogP contribution is 2.61. The van der Waals surface area contributed by atoms with Crippen molar-refractivity contribution in [1.29, 1.82) is 0 Å². The summed E-state index contributed by atoms with van der Waals surface area (Å²) in [5.41, 5.74) is -2.44. The maximum Gasteiger partial charge on any atom is 0.470 e. The lowest BCUT2D eigenvalue weighted by atomic mass is 9.59. The highest BCUT2D eigenvalue weighted by Gasteiger charge is 2.56. The Hall–Kier alpha value is -1.07. The van der Waals surface area contributed by atoms with Gasteiger partial charge in [-0.1, -0.05) is 47.6 Å². The van der Waals surface area contributed by atoms with Gasteiger partial charge in [0, 0.05) is 0 Å². The highest BCUT2D eigenvalue weighted by molar-refractivity contribution is 7.46. The van der Waals surface area contributed by atoms with Gasteiger partial charge in [0.25, 0.3) is 0 Å². The van der Waals surface area contributed by atoms with E-state index in [1.54, 1.807) is 41.5 Å². The van der Waals surface area contributed by atoms with Gasteiger partial charge in [-0.05, 0) is 28.5 Å². The fourth-order valence-electron chi connectivity index (χ4n) is 3.24. The van der Waals surface area contributed by atoms with Crippen molar-refractivity contribution >= 4 is 7.82 Å². The third kappa shape index (κ3) is 3.46. The molecule has 0 aliphatic heterocycles. The fourth-order valence-corrected chi connectivity index (χ4v) is 4.25. The van der Waals surface area contributed by atoms with Gasteiger partial charge in [0.05, 0.1) is 0 Å². The normalized spacial score (nSPS) is 14.2. The monoisotopic (exact) mass is 332 g/mol. The molecule has 4 N–H and O–H groups in total. The molecule has 1 aromatic rings. The van der Waals surface area contributed by atoms with E-state index < -0.39 is 24.3 Å².